The lowest BCUT2D eigenvalue weighted by molar-refractivity contribution is -0.141. The summed E-state index contributed by atoms with van der Waals surface area (Å²) in [4.78, 5) is 12.4. The van der Waals surface area contributed by atoms with Crippen LogP contribution in [0.5, 0.6) is 0 Å². The molecule has 0 spiro atoms. The summed E-state index contributed by atoms with van der Waals surface area (Å²) in [6.45, 7) is 2.06. The van der Waals surface area contributed by atoms with E-state index in [0.717, 1.165) is 0 Å². The third kappa shape index (κ3) is 4.86. The molecule has 0 atom stereocenters. The van der Waals surface area contributed by atoms with Crippen LogP contribution in [-0.4, -0.2) is 31.6 Å². The Morgan fingerprint density at radius 2 is 2.31 bits per heavy atom. The number of allylic oxidation sites excluding steroid dienone is 1. The van der Waals surface area contributed by atoms with Crippen LogP contribution in [0.2, 0.25) is 0 Å². The van der Waals surface area contributed by atoms with E-state index in [1.165, 1.54) is 7.11 Å². The number of hydrogen-bond acceptors (Lipinski definition) is 4. The molecule has 0 fully saturated rings. The molecule has 0 unspecified atom stereocenters. The molecule has 0 aromatic rings. The Bertz CT molecular complexity index is 240. The summed E-state index contributed by atoms with van der Waals surface area (Å²) < 4.78 is 4.48. The monoisotopic (exact) mass is 182 g/mol. The third-order valence-corrected chi connectivity index (χ3v) is 1.51. The van der Waals surface area contributed by atoms with Gasteiger partial charge in [-0.25, -0.2) is 0 Å². The summed E-state index contributed by atoms with van der Waals surface area (Å²) in [6, 6.07) is 2.04. The lowest BCUT2D eigenvalue weighted by atomic mass is 10.2. The molecule has 4 nitrogen and oxygen atoms in total. The summed E-state index contributed by atoms with van der Waals surface area (Å²) in [6.07, 6.45) is 2.32. The Kier molecular flexibility index (Phi) is 5.37. The molecule has 0 radical (unpaired) electrons. The molecule has 4 heteroatoms. The molecule has 0 aromatic heterocycles. The Hall–Kier alpha value is -1.50. The summed E-state index contributed by atoms with van der Waals surface area (Å²) in [5, 5.41) is 8.61. The van der Waals surface area contributed by atoms with Crippen molar-refractivity contribution in [1.82, 2.24) is 4.90 Å². The maximum Gasteiger partial charge on any atom is 0.325 e. The van der Waals surface area contributed by atoms with Crippen LogP contribution >= 0.6 is 0 Å². The van der Waals surface area contributed by atoms with Crippen molar-refractivity contribution in [3.8, 4) is 6.07 Å². The third-order valence-electron chi connectivity index (χ3n) is 1.51. The van der Waals surface area contributed by atoms with Crippen LogP contribution in [0.25, 0.3) is 0 Å². The van der Waals surface area contributed by atoms with Gasteiger partial charge >= 0.3 is 5.97 Å². The number of rotatable bonds is 4. The molecule has 72 valence electrons. The number of carbonyl (C=O) groups excluding carboxylic acids is 1. The fourth-order valence-electron chi connectivity index (χ4n) is 0.779. The van der Waals surface area contributed by atoms with Gasteiger partial charge in [0.25, 0.3) is 0 Å². The fraction of sp³-hybridized carbons (Fsp3) is 0.556. The highest BCUT2D eigenvalue weighted by molar-refractivity contribution is 5.71. The smallest absolute Gasteiger partial charge is 0.325 e. The van der Waals surface area contributed by atoms with E-state index in [-0.39, 0.29) is 12.5 Å². The quantitative estimate of drug-likeness (QED) is 0.479. The maximum atomic E-state index is 10.8. The molecule has 0 bridgehead atoms. The molecule has 0 N–H and O–H groups in total. The average Bonchev–Trinajstić information content (AvgIpc) is 2.13. The van der Waals surface area contributed by atoms with Crippen LogP contribution in [0, 0.1) is 11.3 Å². The molecule has 0 heterocycles. The predicted octanol–water partition coefficient (Wildman–Crippen LogP) is 0.909. The van der Waals surface area contributed by atoms with Crippen LogP contribution in [0.1, 0.15) is 13.3 Å². The first-order valence-electron chi connectivity index (χ1n) is 4.01. The van der Waals surface area contributed by atoms with Crippen LogP contribution in [0.15, 0.2) is 11.8 Å². The minimum absolute atomic E-state index is 0.168. The molecular weight excluding hydrogens is 168 g/mol. The minimum Gasteiger partial charge on any atom is -0.468 e. The van der Waals surface area contributed by atoms with Crippen molar-refractivity contribution in [3.63, 3.8) is 0 Å². The molecule has 0 saturated heterocycles. The van der Waals surface area contributed by atoms with Crippen molar-refractivity contribution in [2.75, 3.05) is 20.7 Å². The molecule has 0 rings (SSSR count). The van der Waals surface area contributed by atoms with E-state index < -0.39 is 0 Å². The Balaban J connectivity index is 4.13. The largest absolute Gasteiger partial charge is 0.468 e. The van der Waals surface area contributed by atoms with E-state index in [2.05, 4.69) is 4.74 Å². The van der Waals surface area contributed by atoms with Gasteiger partial charge in [-0.2, -0.15) is 5.26 Å². The van der Waals surface area contributed by atoms with Gasteiger partial charge < -0.3 is 9.64 Å². The van der Waals surface area contributed by atoms with Gasteiger partial charge in [-0.3, -0.25) is 4.79 Å². The van der Waals surface area contributed by atoms with Gasteiger partial charge in [0.1, 0.15) is 6.54 Å². The summed E-state index contributed by atoms with van der Waals surface area (Å²) in [5.74, 6) is -0.313. The van der Waals surface area contributed by atoms with Gasteiger partial charge in [-0.1, -0.05) is 6.92 Å². The van der Waals surface area contributed by atoms with E-state index in [1.807, 2.05) is 13.0 Å². The molecule has 0 saturated carbocycles. The first-order chi connectivity index (χ1) is 6.13. The lowest BCUT2D eigenvalue weighted by Gasteiger charge is -2.12. The number of likely N-dealkylation sites (N-methyl/N-ethyl adjacent to an activating group) is 1. The SMILES string of the molecule is CC/C(C#N)=C\N(C)CC(=O)OC. The molecule has 13 heavy (non-hydrogen) atoms. The van der Waals surface area contributed by atoms with E-state index in [0.29, 0.717) is 12.0 Å². The molecule has 0 amide bonds. The molecule has 0 aliphatic heterocycles. The standard InChI is InChI=1S/C9H14N2O2/c1-4-8(5-10)6-11(2)7-9(12)13-3/h6H,4,7H2,1-3H3/b8-6+. The van der Waals surface area contributed by atoms with E-state index in [9.17, 15) is 4.79 Å². The molecular formula is C9H14N2O2. The van der Waals surface area contributed by atoms with Crippen molar-refractivity contribution in [1.29, 1.82) is 5.26 Å². The zero-order valence-corrected chi connectivity index (χ0v) is 8.20. The highest BCUT2D eigenvalue weighted by Crippen LogP contribution is 1.99. The first-order valence-corrected chi connectivity index (χ1v) is 4.01. The fourth-order valence-corrected chi connectivity index (χ4v) is 0.779. The van der Waals surface area contributed by atoms with Crippen molar-refractivity contribution in [2.24, 2.45) is 0 Å². The van der Waals surface area contributed by atoms with Crippen molar-refractivity contribution < 1.29 is 9.53 Å². The lowest BCUT2D eigenvalue weighted by Crippen LogP contribution is -2.22. The summed E-state index contributed by atoms with van der Waals surface area (Å²) in [5.41, 5.74) is 0.645. The number of nitrogens with zero attached hydrogens (tertiary/aromatic N) is 2. The van der Waals surface area contributed by atoms with Gasteiger partial charge in [0.2, 0.25) is 0 Å². The van der Waals surface area contributed by atoms with Gasteiger partial charge in [0.05, 0.1) is 13.2 Å². The van der Waals surface area contributed by atoms with E-state index in [4.69, 9.17) is 5.26 Å². The van der Waals surface area contributed by atoms with Gasteiger partial charge in [-0.05, 0) is 6.42 Å². The number of methoxy groups -OCH3 is 1. The molecule has 0 aliphatic rings. The van der Waals surface area contributed by atoms with Crippen molar-refractivity contribution >= 4 is 5.97 Å². The molecule has 0 aromatic carbocycles. The Morgan fingerprint density at radius 3 is 2.69 bits per heavy atom. The second-order valence-electron chi connectivity index (χ2n) is 2.61. The van der Waals surface area contributed by atoms with Crippen LogP contribution in [0.3, 0.4) is 0 Å². The summed E-state index contributed by atoms with van der Waals surface area (Å²) >= 11 is 0. The van der Waals surface area contributed by atoms with Crippen LogP contribution in [0.4, 0.5) is 0 Å². The first kappa shape index (κ1) is 11.5. The second kappa shape index (κ2) is 6.06. The Labute approximate surface area is 78.4 Å². The number of hydrogen-bond donors (Lipinski definition) is 0. The number of ether oxygens (including phenoxy) is 1. The van der Waals surface area contributed by atoms with Gasteiger partial charge in [-0.15, -0.1) is 0 Å². The van der Waals surface area contributed by atoms with Crippen LogP contribution < -0.4 is 0 Å². The predicted molar refractivity (Wildman–Crippen MR) is 48.6 cm³/mol. The van der Waals surface area contributed by atoms with Gasteiger partial charge in [0.15, 0.2) is 0 Å². The van der Waals surface area contributed by atoms with Crippen molar-refractivity contribution in [2.45, 2.75) is 13.3 Å². The zero-order valence-electron chi connectivity index (χ0n) is 8.20. The van der Waals surface area contributed by atoms with Gasteiger partial charge in [0, 0.05) is 18.8 Å². The maximum absolute atomic E-state index is 10.8. The number of carbonyl (C=O) groups is 1. The number of esters is 1. The molecule has 0 aliphatic carbocycles. The Morgan fingerprint density at radius 1 is 1.69 bits per heavy atom. The normalized spacial score (nSPS) is 10.5. The van der Waals surface area contributed by atoms with Crippen molar-refractivity contribution in [3.05, 3.63) is 11.8 Å². The average molecular weight is 182 g/mol. The van der Waals surface area contributed by atoms with Crippen LogP contribution in [-0.2, 0) is 9.53 Å². The topological polar surface area (TPSA) is 53.3 Å². The van der Waals surface area contributed by atoms with E-state index in [1.54, 1.807) is 18.1 Å². The second-order valence-corrected chi connectivity index (χ2v) is 2.61. The minimum atomic E-state index is -0.313. The van der Waals surface area contributed by atoms with E-state index >= 15 is 0 Å². The number of nitriles is 1. The highest BCUT2D eigenvalue weighted by atomic mass is 16.5. The summed E-state index contributed by atoms with van der Waals surface area (Å²) in [7, 11) is 3.06. The highest BCUT2D eigenvalue weighted by Gasteiger charge is 2.03. The zero-order chi connectivity index (χ0) is 10.3.